The minimum absolute atomic E-state index is 0.0149. The largest absolute Gasteiger partial charge is 0.444 e. The van der Waals surface area contributed by atoms with E-state index in [0.717, 1.165) is 16.7 Å². The number of aryl methyl sites for hydroxylation is 1. The molecule has 3 aromatic rings. The zero-order valence-corrected chi connectivity index (χ0v) is 20.4. The lowest BCUT2D eigenvalue weighted by molar-refractivity contribution is -0.154. The maximum absolute atomic E-state index is 13.3. The van der Waals surface area contributed by atoms with E-state index in [1.165, 1.54) is 0 Å². The first-order valence-corrected chi connectivity index (χ1v) is 11.5. The third kappa shape index (κ3) is 6.23. The molecule has 0 aromatic heterocycles. The molecule has 1 unspecified atom stereocenters. The topological polar surface area (TPSA) is 61.5 Å². The number of halogens is 1. The van der Waals surface area contributed by atoms with E-state index in [9.17, 15) is 4.79 Å². The normalized spacial score (nSPS) is 14.4. The molecule has 0 radical (unpaired) electrons. The summed E-state index contributed by atoms with van der Waals surface area (Å²) in [7, 11) is 0. The lowest BCUT2D eigenvalue weighted by Crippen LogP contribution is -2.39. The molecule has 0 bridgehead atoms. The first kappa shape index (κ1) is 25.0. The van der Waals surface area contributed by atoms with E-state index in [1.54, 1.807) is 6.07 Å². The van der Waals surface area contributed by atoms with Crippen LogP contribution in [0, 0.1) is 6.92 Å². The summed E-state index contributed by atoms with van der Waals surface area (Å²) in [5, 5.41) is 0.509. The van der Waals surface area contributed by atoms with Gasteiger partial charge in [0.05, 0.1) is 18.6 Å². The molecule has 174 valence electrons. The van der Waals surface area contributed by atoms with Gasteiger partial charge in [-0.15, -0.1) is 0 Å². The van der Waals surface area contributed by atoms with Crippen molar-refractivity contribution < 1.29 is 14.3 Å². The maximum atomic E-state index is 13.3. The summed E-state index contributed by atoms with van der Waals surface area (Å²) in [6.07, 6.45) is 0.0149. The van der Waals surface area contributed by atoms with Gasteiger partial charge in [0.15, 0.2) is 5.60 Å². The lowest BCUT2D eigenvalue weighted by Gasteiger charge is -2.36. The molecule has 5 heteroatoms. The first-order chi connectivity index (χ1) is 15.6. The second-order valence-electron chi connectivity index (χ2n) is 9.25. The van der Waals surface area contributed by atoms with Crippen LogP contribution < -0.4 is 5.73 Å². The van der Waals surface area contributed by atoms with Gasteiger partial charge in [0.2, 0.25) is 0 Å². The molecule has 0 saturated carbocycles. The van der Waals surface area contributed by atoms with Crippen LogP contribution in [0.15, 0.2) is 78.9 Å². The molecule has 0 fully saturated rings. The fourth-order valence-electron chi connectivity index (χ4n) is 3.70. The monoisotopic (exact) mass is 465 g/mol. The van der Waals surface area contributed by atoms with Crippen LogP contribution in [0.2, 0.25) is 5.02 Å². The van der Waals surface area contributed by atoms with Gasteiger partial charge in [-0.3, -0.25) is 4.79 Å². The summed E-state index contributed by atoms with van der Waals surface area (Å²) in [4.78, 5) is 13.3. The molecular weight excluding hydrogens is 434 g/mol. The molecule has 3 aromatic carbocycles. The Morgan fingerprint density at radius 3 is 2.09 bits per heavy atom. The number of carbonyl (C=O) groups excluding carboxylic acids is 1. The van der Waals surface area contributed by atoms with Gasteiger partial charge in [0.1, 0.15) is 0 Å². The van der Waals surface area contributed by atoms with Crippen LogP contribution in [0.25, 0.3) is 0 Å². The zero-order chi connectivity index (χ0) is 24.1. The van der Waals surface area contributed by atoms with Crippen LogP contribution in [0.3, 0.4) is 0 Å². The van der Waals surface area contributed by atoms with Gasteiger partial charge in [-0.1, -0.05) is 90.0 Å². The number of hydrogen-bond acceptors (Lipinski definition) is 4. The minimum atomic E-state index is -1.23. The molecule has 0 spiro atoms. The average Bonchev–Trinajstić information content (AvgIpc) is 2.77. The Balaban J connectivity index is 2.07. The molecule has 33 heavy (non-hydrogen) atoms. The van der Waals surface area contributed by atoms with E-state index in [0.29, 0.717) is 10.6 Å². The predicted octanol–water partition coefficient (Wildman–Crippen LogP) is 6.02. The molecule has 3 rings (SSSR count). The van der Waals surface area contributed by atoms with Gasteiger partial charge >= 0.3 is 5.97 Å². The molecule has 4 nitrogen and oxygen atoms in total. The van der Waals surface area contributed by atoms with E-state index >= 15 is 0 Å². The number of nitrogens with two attached hydrogens (primary N) is 1. The Hall–Kier alpha value is -2.66. The standard InChI is InChI=1S/C28H32ClNO3/c1-20-14-16-22(17-15-20)28(21-10-6-5-7-11-21,24-12-8-9-13-25(24)29)33-26(31)18-23(30)19-32-27(2,3)4/h5-17,23H,18-19,30H2,1-4H3/t23-,28?/m0/s1. The number of esters is 1. The van der Waals surface area contributed by atoms with Crippen molar-refractivity contribution in [1.82, 2.24) is 0 Å². The predicted molar refractivity (Wildman–Crippen MR) is 133 cm³/mol. The SMILES string of the molecule is Cc1ccc(C(OC(=O)C[C@H](N)COC(C)(C)C)(c2ccccc2)c2ccccc2Cl)cc1. The van der Waals surface area contributed by atoms with E-state index in [2.05, 4.69) is 0 Å². The number of rotatable bonds is 8. The Morgan fingerprint density at radius 1 is 0.909 bits per heavy atom. The van der Waals surface area contributed by atoms with Crippen LogP contribution in [0.4, 0.5) is 0 Å². The summed E-state index contributed by atoms with van der Waals surface area (Å²) in [5.74, 6) is -0.427. The summed E-state index contributed by atoms with van der Waals surface area (Å²) < 4.78 is 12.1. The summed E-state index contributed by atoms with van der Waals surface area (Å²) >= 11 is 6.69. The van der Waals surface area contributed by atoms with Gasteiger partial charge in [-0.25, -0.2) is 0 Å². The van der Waals surface area contributed by atoms with Crippen molar-refractivity contribution in [2.24, 2.45) is 5.73 Å². The highest BCUT2D eigenvalue weighted by Gasteiger charge is 2.42. The lowest BCUT2D eigenvalue weighted by atomic mass is 9.79. The van der Waals surface area contributed by atoms with Crippen LogP contribution >= 0.6 is 11.6 Å². The van der Waals surface area contributed by atoms with Crippen molar-refractivity contribution in [2.75, 3.05) is 6.61 Å². The Bertz CT molecular complexity index is 1060. The van der Waals surface area contributed by atoms with Crippen molar-refractivity contribution >= 4 is 17.6 Å². The first-order valence-electron chi connectivity index (χ1n) is 11.1. The van der Waals surface area contributed by atoms with Crippen LogP contribution in [0.5, 0.6) is 0 Å². The van der Waals surface area contributed by atoms with Gasteiger partial charge in [-0.05, 0) is 33.8 Å². The van der Waals surface area contributed by atoms with Crippen molar-refractivity contribution in [2.45, 2.75) is 51.4 Å². The molecule has 0 aliphatic heterocycles. The molecule has 0 saturated heterocycles. The van der Waals surface area contributed by atoms with Crippen molar-refractivity contribution in [3.8, 4) is 0 Å². The van der Waals surface area contributed by atoms with Crippen LogP contribution in [-0.2, 0) is 19.9 Å². The quantitative estimate of drug-likeness (QED) is 0.326. The van der Waals surface area contributed by atoms with Crippen molar-refractivity contribution in [3.05, 3.63) is 106 Å². The average molecular weight is 466 g/mol. The zero-order valence-electron chi connectivity index (χ0n) is 19.7. The van der Waals surface area contributed by atoms with Crippen LogP contribution in [-0.4, -0.2) is 24.2 Å². The van der Waals surface area contributed by atoms with E-state index in [1.807, 2.05) is 100 Å². The van der Waals surface area contributed by atoms with E-state index < -0.39 is 17.6 Å². The third-order valence-electron chi connectivity index (χ3n) is 5.32. The Morgan fingerprint density at radius 2 is 1.48 bits per heavy atom. The van der Waals surface area contributed by atoms with E-state index in [-0.39, 0.29) is 18.6 Å². The highest BCUT2D eigenvalue weighted by Crippen LogP contribution is 2.43. The summed E-state index contributed by atoms with van der Waals surface area (Å²) in [6.45, 7) is 8.13. The van der Waals surface area contributed by atoms with Gasteiger partial charge in [-0.2, -0.15) is 0 Å². The minimum Gasteiger partial charge on any atom is -0.444 e. The highest BCUT2D eigenvalue weighted by atomic mass is 35.5. The maximum Gasteiger partial charge on any atom is 0.309 e. The van der Waals surface area contributed by atoms with Crippen molar-refractivity contribution in [3.63, 3.8) is 0 Å². The molecule has 0 amide bonds. The second-order valence-corrected chi connectivity index (χ2v) is 9.66. The number of hydrogen-bond donors (Lipinski definition) is 1. The fourth-order valence-corrected chi connectivity index (χ4v) is 3.97. The number of benzene rings is 3. The molecular formula is C28H32ClNO3. The summed E-state index contributed by atoms with van der Waals surface area (Å²) in [5.41, 5.74) is 8.05. The third-order valence-corrected chi connectivity index (χ3v) is 5.65. The molecule has 0 aliphatic rings. The van der Waals surface area contributed by atoms with E-state index in [4.69, 9.17) is 26.8 Å². The molecule has 2 N–H and O–H groups in total. The Kier molecular flexibility index (Phi) is 7.96. The molecule has 0 aliphatic carbocycles. The highest BCUT2D eigenvalue weighted by molar-refractivity contribution is 6.31. The van der Waals surface area contributed by atoms with Gasteiger partial charge in [0, 0.05) is 27.8 Å². The molecule has 2 atom stereocenters. The molecule has 0 heterocycles. The summed E-state index contributed by atoms with van der Waals surface area (Å²) in [6, 6.07) is 24.6. The van der Waals surface area contributed by atoms with Crippen molar-refractivity contribution in [1.29, 1.82) is 0 Å². The second kappa shape index (κ2) is 10.5. The fraction of sp³-hybridized carbons (Fsp3) is 0.321. The number of ether oxygens (including phenoxy) is 2. The smallest absolute Gasteiger partial charge is 0.309 e. The van der Waals surface area contributed by atoms with Gasteiger partial charge < -0.3 is 15.2 Å². The number of carbonyl (C=O) groups is 1. The van der Waals surface area contributed by atoms with Crippen LogP contribution in [0.1, 0.15) is 49.4 Å². The Labute approximate surface area is 201 Å². The van der Waals surface area contributed by atoms with Gasteiger partial charge in [0.25, 0.3) is 0 Å².